The van der Waals surface area contributed by atoms with E-state index >= 15 is 0 Å². The van der Waals surface area contributed by atoms with Crippen LogP contribution in [0.4, 0.5) is 4.79 Å². The van der Waals surface area contributed by atoms with Crippen molar-refractivity contribution >= 4 is 22.8 Å². The molecule has 1 aliphatic carbocycles. The maximum atomic E-state index is 13.5. The number of carbonyl (C=O) groups is 2. The predicted octanol–water partition coefficient (Wildman–Crippen LogP) is 7.59. The van der Waals surface area contributed by atoms with Gasteiger partial charge in [0.2, 0.25) is 0 Å². The number of hydrogen-bond acceptors (Lipinski definition) is 4. The number of alkyl carbamates (subject to hydrolysis) is 1. The van der Waals surface area contributed by atoms with Crippen LogP contribution in [0.25, 0.3) is 21.9 Å². The number of benzene rings is 5. The minimum Gasteiger partial charge on any atom is -0.459 e. The normalized spacial score (nSPS) is 13.6. The highest BCUT2D eigenvalue weighted by Gasteiger charge is 2.33. The second-order valence-electron chi connectivity index (χ2n) is 10.4. The predicted molar refractivity (Wildman–Crippen MR) is 161 cm³/mol. The topological polar surface area (TPSA) is 64.6 Å². The molecule has 2 atom stereocenters. The van der Waals surface area contributed by atoms with Crippen molar-refractivity contribution in [3.05, 3.63) is 144 Å². The number of hydrogen-bond donors (Lipinski definition) is 1. The largest absolute Gasteiger partial charge is 0.459 e. The molecule has 0 spiro atoms. The Balaban J connectivity index is 1.22. The molecule has 6 rings (SSSR count). The number of rotatable bonds is 8. The van der Waals surface area contributed by atoms with E-state index in [1.807, 2.05) is 104 Å². The molecular formula is C36H31NO4. The molecule has 5 nitrogen and oxygen atoms in total. The number of nitrogens with one attached hydrogen (secondary N) is 1. The minimum absolute atomic E-state index is 0.0767. The van der Waals surface area contributed by atoms with E-state index in [-0.39, 0.29) is 25.0 Å². The van der Waals surface area contributed by atoms with Gasteiger partial charge < -0.3 is 14.8 Å². The summed E-state index contributed by atoms with van der Waals surface area (Å²) in [7, 11) is 0. The first kappa shape index (κ1) is 26.3. The Kier molecular flexibility index (Phi) is 7.50. The molecule has 1 aliphatic rings. The summed E-state index contributed by atoms with van der Waals surface area (Å²) in [5.41, 5.74) is 6.39. The Morgan fingerprint density at radius 1 is 0.707 bits per heavy atom. The monoisotopic (exact) mass is 541 g/mol. The fourth-order valence-corrected chi connectivity index (χ4v) is 5.80. The van der Waals surface area contributed by atoms with Crippen molar-refractivity contribution in [2.45, 2.75) is 31.4 Å². The molecule has 0 bridgehead atoms. The van der Waals surface area contributed by atoms with Gasteiger partial charge in [-0.1, -0.05) is 128 Å². The molecule has 1 unspecified atom stereocenters. The Hall–Kier alpha value is -4.90. The quantitative estimate of drug-likeness (QED) is 0.206. The van der Waals surface area contributed by atoms with Gasteiger partial charge in [0.25, 0.3) is 0 Å². The number of esters is 1. The van der Waals surface area contributed by atoms with E-state index in [4.69, 9.17) is 9.47 Å². The third-order valence-corrected chi connectivity index (χ3v) is 7.91. The van der Waals surface area contributed by atoms with Crippen molar-refractivity contribution in [2.75, 3.05) is 6.61 Å². The van der Waals surface area contributed by atoms with Gasteiger partial charge in [-0.2, -0.15) is 0 Å². The summed E-state index contributed by atoms with van der Waals surface area (Å²) in [5, 5.41) is 4.94. The van der Waals surface area contributed by atoms with E-state index in [1.165, 1.54) is 0 Å². The van der Waals surface area contributed by atoms with Crippen LogP contribution in [0.2, 0.25) is 0 Å². The molecule has 5 heteroatoms. The van der Waals surface area contributed by atoms with Crippen LogP contribution in [0.3, 0.4) is 0 Å². The second kappa shape index (κ2) is 11.7. The van der Waals surface area contributed by atoms with E-state index < -0.39 is 18.1 Å². The lowest BCUT2D eigenvalue weighted by atomic mass is 9.89. The highest BCUT2D eigenvalue weighted by atomic mass is 16.6. The molecule has 1 N–H and O–H groups in total. The van der Waals surface area contributed by atoms with Crippen LogP contribution in [-0.4, -0.2) is 24.7 Å². The molecule has 1 amide bonds. The Labute approximate surface area is 239 Å². The molecule has 0 heterocycles. The highest BCUT2D eigenvalue weighted by molar-refractivity contribution is 5.88. The molecule has 0 saturated heterocycles. The lowest BCUT2D eigenvalue weighted by Gasteiger charge is -2.25. The van der Waals surface area contributed by atoms with E-state index in [1.54, 1.807) is 0 Å². The van der Waals surface area contributed by atoms with Gasteiger partial charge in [0.1, 0.15) is 19.3 Å². The molecule has 0 fully saturated rings. The SMILES string of the molecule is CC(c1cccc2ccccc12)[C@H](NC(=O)OCC1c2ccccc2-c2ccccc21)C(=O)OCc1ccccc1. The molecule has 5 aromatic rings. The highest BCUT2D eigenvalue weighted by Crippen LogP contribution is 2.44. The second-order valence-corrected chi connectivity index (χ2v) is 10.4. The zero-order valence-corrected chi connectivity index (χ0v) is 22.8. The summed E-state index contributed by atoms with van der Waals surface area (Å²) < 4.78 is 11.5. The first-order valence-corrected chi connectivity index (χ1v) is 13.9. The third-order valence-electron chi connectivity index (χ3n) is 7.91. The van der Waals surface area contributed by atoms with Crippen molar-refractivity contribution < 1.29 is 19.1 Å². The van der Waals surface area contributed by atoms with Gasteiger partial charge in [-0.3, -0.25) is 0 Å². The van der Waals surface area contributed by atoms with Gasteiger partial charge in [-0.05, 0) is 44.2 Å². The zero-order chi connectivity index (χ0) is 28.2. The van der Waals surface area contributed by atoms with E-state index in [0.29, 0.717) is 0 Å². The fraction of sp³-hybridized carbons (Fsp3) is 0.167. The Morgan fingerprint density at radius 2 is 1.32 bits per heavy atom. The van der Waals surface area contributed by atoms with Crippen molar-refractivity contribution in [3.63, 3.8) is 0 Å². The molecule has 0 aromatic heterocycles. The number of fused-ring (bicyclic) bond motifs is 4. The molecule has 41 heavy (non-hydrogen) atoms. The summed E-state index contributed by atoms with van der Waals surface area (Å²) in [6, 6.07) is 39.0. The minimum atomic E-state index is -0.944. The maximum absolute atomic E-state index is 13.5. The molecule has 5 aromatic carbocycles. The van der Waals surface area contributed by atoms with Crippen LogP contribution < -0.4 is 5.32 Å². The number of carbonyl (C=O) groups excluding carboxylic acids is 2. The van der Waals surface area contributed by atoms with E-state index in [9.17, 15) is 9.59 Å². The van der Waals surface area contributed by atoms with Crippen molar-refractivity contribution in [2.24, 2.45) is 0 Å². The average molecular weight is 542 g/mol. The van der Waals surface area contributed by atoms with Crippen LogP contribution in [0, 0.1) is 0 Å². The van der Waals surface area contributed by atoms with Crippen LogP contribution in [0.1, 0.15) is 41.0 Å². The Bertz CT molecular complexity index is 1650. The van der Waals surface area contributed by atoms with Gasteiger partial charge in [0, 0.05) is 11.8 Å². The molecule has 204 valence electrons. The third kappa shape index (κ3) is 5.44. The first-order valence-electron chi connectivity index (χ1n) is 13.9. The molecule has 0 aliphatic heterocycles. The van der Waals surface area contributed by atoms with Crippen molar-refractivity contribution in [1.29, 1.82) is 0 Å². The lowest BCUT2D eigenvalue weighted by molar-refractivity contribution is -0.148. The van der Waals surface area contributed by atoms with Crippen LogP contribution in [0.5, 0.6) is 0 Å². The van der Waals surface area contributed by atoms with Gasteiger partial charge in [0.05, 0.1) is 0 Å². The Morgan fingerprint density at radius 3 is 2.05 bits per heavy atom. The first-order chi connectivity index (χ1) is 20.1. The van der Waals surface area contributed by atoms with Crippen LogP contribution in [-0.2, 0) is 20.9 Å². The summed E-state index contributed by atoms with van der Waals surface area (Å²) in [6.07, 6.45) is -0.652. The van der Waals surface area contributed by atoms with Crippen LogP contribution >= 0.6 is 0 Å². The van der Waals surface area contributed by atoms with Crippen molar-refractivity contribution in [3.8, 4) is 11.1 Å². The molecule has 0 saturated carbocycles. The standard InChI is InChI=1S/C36H31NO4/c1-24(27-21-11-15-26-14-5-6-16-28(26)27)34(35(38)40-22-25-12-3-2-4-13-25)37-36(39)41-23-33-31-19-9-7-17-29(31)30-18-8-10-20-32(30)33/h2-21,24,33-34H,22-23H2,1H3,(H,37,39)/t24?,34-/m0/s1. The van der Waals surface area contributed by atoms with E-state index in [2.05, 4.69) is 29.6 Å². The maximum Gasteiger partial charge on any atom is 0.407 e. The van der Waals surface area contributed by atoms with Gasteiger partial charge in [-0.15, -0.1) is 0 Å². The summed E-state index contributed by atoms with van der Waals surface area (Å²) in [5.74, 6) is -0.959. The smallest absolute Gasteiger partial charge is 0.407 e. The van der Waals surface area contributed by atoms with Crippen molar-refractivity contribution in [1.82, 2.24) is 5.32 Å². The molecular weight excluding hydrogens is 510 g/mol. The van der Waals surface area contributed by atoms with Gasteiger partial charge in [0.15, 0.2) is 0 Å². The van der Waals surface area contributed by atoms with Gasteiger partial charge in [-0.25, -0.2) is 9.59 Å². The average Bonchev–Trinajstić information content (AvgIpc) is 3.35. The van der Waals surface area contributed by atoms with Gasteiger partial charge >= 0.3 is 12.1 Å². The van der Waals surface area contributed by atoms with Crippen LogP contribution in [0.15, 0.2) is 121 Å². The lowest BCUT2D eigenvalue weighted by Crippen LogP contribution is -2.45. The van der Waals surface area contributed by atoms with E-state index in [0.717, 1.165) is 44.2 Å². The zero-order valence-electron chi connectivity index (χ0n) is 22.8. The number of ether oxygens (including phenoxy) is 2. The summed E-state index contributed by atoms with van der Waals surface area (Å²) in [4.78, 5) is 26.8. The summed E-state index contributed by atoms with van der Waals surface area (Å²) in [6.45, 7) is 2.21. The fourth-order valence-electron chi connectivity index (χ4n) is 5.80. The number of amides is 1. The summed E-state index contributed by atoms with van der Waals surface area (Å²) >= 11 is 0. The molecule has 0 radical (unpaired) electrons.